The van der Waals surface area contributed by atoms with Gasteiger partial charge in [0.2, 0.25) is 11.8 Å². The number of thioether (sulfide) groups is 1. The normalized spacial score (nSPS) is 24.4. The predicted molar refractivity (Wildman–Crippen MR) is 171 cm³/mol. The first-order valence-corrected chi connectivity index (χ1v) is 18.8. The number of unbranched alkanes of at least 4 members (excludes halogenated alkanes) is 3. The van der Waals surface area contributed by atoms with E-state index in [-0.39, 0.29) is 43.2 Å². The fraction of sp³-hybridized carbons (Fsp3) is 0.935. The van der Waals surface area contributed by atoms with Gasteiger partial charge in [0.25, 0.3) is 0 Å². The Bertz CT molecular complexity index is 859. The van der Waals surface area contributed by atoms with Crippen LogP contribution in [0.4, 0.5) is 0 Å². The monoisotopic (exact) mass is 634 g/mol. The van der Waals surface area contributed by atoms with Crippen LogP contribution in [-0.4, -0.2) is 88.1 Å². The molecule has 0 aromatic carbocycles. The van der Waals surface area contributed by atoms with Crippen LogP contribution in [0.3, 0.4) is 0 Å². The molecular weight excluding hydrogens is 575 g/mol. The molecule has 0 spiro atoms. The Hall–Kier alpha value is -0.640. The van der Waals surface area contributed by atoms with E-state index in [1.165, 1.54) is 12.8 Å². The van der Waals surface area contributed by atoms with E-state index in [4.69, 9.17) is 13.8 Å². The lowest BCUT2D eigenvalue weighted by atomic mass is 10.0. The van der Waals surface area contributed by atoms with Gasteiger partial charge >= 0.3 is 7.82 Å². The van der Waals surface area contributed by atoms with E-state index in [9.17, 15) is 19.0 Å². The summed E-state index contributed by atoms with van der Waals surface area (Å²) in [5, 5.41) is 0.526. The number of likely N-dealkylation sites (tertiary alicyclic amines) is 2. The number of phosphoric ester groups is 1. The smallest absolute Gasteiger partial charge is 0.377 e. The van der Waals surface area contributed by atoms with Crippen LogP contribution in [0.25, 0.3) is 0 Å². The lowest BCUT2D eigenvalue weighted by molar-refractivity contribution is -0.134. The first kappa shape index (κ1) is 37.5. The highest BCUT2D eigenvalue weighted by Gasteiger charge is 2.41. The highest BCUT2D eigenvalue weighted by Crippen LogP contribution is 2.47. The lowest BCUT2D eigenvalue weighted by Gasteiger charge is -2.26. The Labute approximate surface area is 259 Å². The van der Waals surface area contributed by atoms with E-state index >= 15 is 0 Å². The zero-order valence-electron chi connectivity index (χ0n) is 27.3. The second-order valence-corrected chi connectivity index (χ2v) is 16.3. The molecule has 0 aromatic heterocycles. The number of carbonyl (C=O) groups excluding carboxylic acids is 2. The van der Waals surface area contributed by atoms with Crippen molar-refractivity contribution in [2.75, 3.05) is 32.1 Å². The van der Waals surface area contributed by atoms with Crippen molar-refractivity contribution in [1.82, 2.24) is 9.80 Å². The third kappa shape index (κ3) is 14.4. The van der Waals surface area contributed by atoms with E-state index in [1.54, 1.807) is 4.90 Å². The van der Waals surface area contributed by atoms with Crippen LogP contribution in [-0.2, 0) is 27.9 Å². The molecule has 246 valence electrons. The predicted octanol–water partition coefficient (Wildman–Crippen LogP) is 6.67. The summed E-state index contributed by atoms with van der Waals surface area (Å²) in [7, 11) is -4.39. The SMILES string of the molecule is CC(C)CCCCCCC(=O)N1C[C@H](C)C[C@H]1COP(=O)(O)O[C@@H]1C[C@@H](COC(C)C)N(C(=O)CCCSC(C)C)C1. The van der Waals surface area contributed by atoms with Gasteiger partial charge in [-0.15, -0.1) is 0 Å². The average molecular weight is 635 g/mol. The van der Waals surface area contributed by atoms with Crippen molar-refractivity contribution >= 4 is 31.4 Å². The minimum absolute atomic E-state index is 0.0148. The van der Waals surface area contributed by atoms with E-state index in [0.29, 0.717) is 49.5 Å². The summed E-state index contributed by atoms with van der Waals surface area (Å²) in [4.78, 5) is 40.2. The number of phosphoric acid groups is 1. The molecule has 42 heavy (non-hydrogen) atoms. The average Bonchev–Trinajstić information content (AvgIpc) is 3.48. The molecule has 0 bridgehead atoms. The van der Waals surface area contributed by atoms with Crippen LogP contribution in [0, 0.1) is 11.8 Å². The van der Waals surface area contributed by atoms with Crippen LogP contribution in [0.15, 0.2) is 0 Å². The van der Waals surface area contributed by atoms with Crippen LogP contribution >= 0.6 is 19.6 Å². The number of ether oxygens (including phenoxy) is 1. The molecular formula is C31H59N2O7PS. The summed E-state index contributed by atoms with van der Waals surface area (Å²) < 4.78 is 29.9. The summed E-state index contributed by atoms with van der Waals surface area (Å²) in [5.41, 5.74) is 0. The maximum atomic E-state index is 13.0. The van der Waals surface area contributed by atoms with E-state index in [1.807, 2.05) is 30.5 Å². The van der Waals surface area contributed by atoms with Gasteiger partial charge in [0, 0.05) is 25.9 Å². The molecule has 0 saturated carbocycles. The van der Waals surface area contributed by atoms with Gasteiger partial charge in [0.05, 0.1) is 37.5 Å². The molecule has 2 amide bonds. The van der Waals surface area contributed by atoms with Crippen molar-refractivity contribution in [2.24, 2.45) is 11.8 Å². The summed E-state index contributed by atoms with van der Waals surface area (Å²) in [6, 6.07) is -0.452. The van der Waals surface area contributed by atoms with Crippen molar-refractivity contribution < 1.29 is 32.8 Å². The van der Waals surface area contributed by atoms with E-state index in [2.05, 4.69) is 34.6 Å². The molecule has 2 saturated heterocycles. The molecule has 0 aromatic rings. The first-order valence-electron chi connectivity index (χ1n) is 16.2. The molecule has 2 heterocycles. The second-order valence-electron chi connectivity index (χ2n) is 13.2. The van der Waals surface area contributed by atoms with E-state index < -0.39 is 13.9 Å². The third-order valence-corrected chi connectivity index (χ3v) is 10.1. The summed E-state index contributed by atoms with van der Waals surface area (Å²) in [5.74, 6) is 2.05. The molecule has 0 aliphatic carbocycles. The number of amides is 2. The largest absolute Gasteiger partial charge is 0.472 e. The standard InChI is InChI=1S/C31H59N2O7PS/c1-23(2)13-10-8-9-11-14-30(34)32-19-26(7)17-27(32)22-39-41(36,37)40-29-18-28(21-38-24(3)4)33(20-29)31(35)15-12-16-42-25(5)6/h23-29H,8-22H2,1-7H3,(H,36,37)/t26-,27+,28+,29-/m1/s1. The van der Waals surface area contributed by atoms with Gasteiger partial charge in [0.1, 0.15) is 0 Å². The molecule has 2 aliphatic heterocycles. The Morgan fingerprint density at radius 2 is 1.50 bits per heavy atom. The minimum Gasteiger partial charge on any atom is -0.377 e. The zero-order valence-corrected chi connectivity index (χ0v) is 29.0. The van der Waals surface area contributed by atoms with Gasteiger partial charge in [0.15, 0.2) is 0 Å². The van der Waals surface area contributed by atoms with Crippen molar-refractivity contribution in [3.63, 3.8) is 0 Å². The molecule has 1 unspecified atom stereocenters. The van der Waals surface area contributed by atoms with Gasteiger partial charge < -0.3 is 19.4 Å². The summed E-state index contributed by atoms with van der Waals surface area (Å²) in [6.07, 6.45) is 7.74. The first-order chi connectivity index (χ1) is 19.8. The lowest BCUT2D eigenvalue weighted by Crippen LogP contribution is -2.39. The highest BCUT2D eigenvalue weighted by molar-refractivity contribution is 7.99. The second kappa shape index (κ2) is 19.0. The molecule has 1 N–H and O–H groups in total. The molecule has 9 nitrogen and oxygen atoms in total. The van der Waals surface area contributed by atoms with Crippen LogP contribution in [0.1, 0.15) is 113 Å². The maximum Gasteiger partial charge on any atom is 0.472 e. The Kier molecular flexibility index (Phi) is 17.0. The molecule has 5 atom stereocenters. The van der Waals surface area contributed by atoms with Gasteiger partial charge in [-0.3, -0.25) is 18.6 Å². The van der Waals surface area contributed by atoms with Gasteiger partial charge in [-0.2, -0.15) is 11.8 Å². The van der Waals surface area contributed by atoms with Crippen LogP contribution < -0.4 is 0 Å². The molecule has 0 radical (unpaired) electrons. The summed E-state index contributed by atoms with van der Waals surface area (Å²) in [6.45, 7) is 15.9. The van der Waals surface area contributed by atoms with Crippen molar-refractivity contribution in [3.8, 4) is 0 Å². The van der Waals surface area contributed by atoms with Crippen LogP contribution in [0.5, 0.6) is 0 Å². The third-order valence-electron chi connectivity index (χ3n) is 7.88. The highest BCUT2D eigenvalue weighted by atomic mass is 32.2. The Balaban J connectivity index is 1.86. The van der Waals surface area contributed by atoms with Gasteiger partial charge in [-0.1, -0.05) is 60.3 Å². The summed E-state index contributed by atoms with van der Waals surface area (Å²) >= 11 is 1.83. The fourth-order valence-corrected chi connectivity index (χ4v) is 7.48. The van der Waals surface area contributed by atoms with Gasteiger partial charge in [-0.05, 0) is 62.4 Å². The quantitative estimate of drug-likeness (QED) is 0.117. The number of nitrogens with zero attached hydrogens (tertiary/aromatic N) is 2. The van der Waals surface area contributed by atoms with E-state index in [0.717, 1.165) is 37.9 Å². The van der Waals surface area contributed by atoms with Gasteiger partial charge in [-0.25, -0.2) is 4.57 Å². The minimum atomic E-state index is -4.39. The number of rotatable bonds is 20. The number of hydrogen-bond acceptors (Lipinski definition) is 7. The van der Waals surface area contributed by atoms with Crippen molar-refractivity contribution in [3.05, 3.63) is 0 Å². The Morgan fingerprint density at radius 3 is 2.14 bits per heavy atom. The Morgan fingerprint density at radius 1 is 0.881 bits per heavy atom. The molecule has 2 aliphatic rings. The zero-order chi connectivity index (χ0) is 31.3. The van der Waals surface area contributed by atoms with Crippen molar-refractivity contribution in [2.45, 2.75) is 142 Å². The molecule has 2 fully saturated rings. The fourth-order valence-electron chi connectivity index (χ4n) is 5.74. The maximum absolute atomic E-state index is 13.0. The topological polar surface area (TPSA) is 106 Å². The van der Waals surface area contributed by atoms with Crippen LogP contribution in [0.2, 0.25) is 0 Å². The number of carbonyl (C=O) groups is 2. The number of hydrogen-bond donors (Lipinski definition) is 1. The van der Waals surface area contributed by atoms with Crippen molar-refractivity contribution in [1.29, 1.82) is 0 Å². The molecule has 2 rings (SSSR count). The molecule has 11 heteroatoms.